The zero-order valence-corrected chi connectivity index (χ0v) is 17.3. The topological polar surface area (TPSA) is 79.1 Å². The summed E-state index contributed by atoms with van der Waals surface area (Å²) in [6, 6.07) is 12.3. The first-order chi connectivity index (χ1) is 14.1. The number of methoxy groups -OCH3 is 1. The van der Waals surface area contributed by atoms with E-state index in [1.165, 1.54) is 11.3 Å². The van der Waals surface area contributed by atoms with Gasteiger partial charge in [0, 0.05) is 5.56 Å². The Morgan fingerprint density at radius 2 is 1.83 bits per heavy atom. The molecule has 1 amide bonds. The average Bonchev–Trinajstić information content (AvgIpc) is 3.06. The number of amides is 1. The molecule has 7 nitrogen and oxygen atoms in total. The minimum atomic E-state index is -0.409. The molecule has 1 heterocycles. The van der Waals surface area contributed by atoms with Gasteiger partial charge in [-0.1, -0.05) is 17.4 Å². The van der Waals surface area contributed by atoms with Crippen LogP contribution in [0.15, 0.2) is 47.5 Å². The number of para-hydroxylation sites is 1. The molecule has 8 heteroatoms. The van der Waals surface area contributed by atoms with Crippen LogP contribution in [-0.2, 0) is 16.1 Å². The fourth-order valence-corrected chi connectivity index (χ4v) is 3.89. The summed E-state index contributed by atoms with van der Waals surface area (Å²) in [4.78, 5) is 29.5. The first kappa shape index (κ1) is 20.6. The highest BCUT2D eigenvalue weighted by Crippen LogP contribution is 2.27. The highest BCUT2D eigenvalue weighted by molar-refractivity contribution is 7.16. The van der Waals surface area contributed by atoms with E-state index < -0.39 is 11.9 Å². The molecule has 0 aliphatic rings. The number of thiazole rings is 1. The molecule has 0 unspecified atom stereocenters. The van der Waals surface area contributed by atoms with Crippen LogP contribution in [0.1, 0.15) is 24.2 Å². The second kappa shape index (κ2) is 9.38. The van der Waals surface area contributed by atoms with E-state index in [1.54, 1.807) is 48.9 Å². The fourth-order valence-electron chi connectivity index (χ4n) is 2.84. The molecule has 2 aromatic carbocycles. The lowest BCUT2D eigenvalue weighted by atomic mass is 10.2. The summed E-state index contributed by atoms with van der Waals surface area (Å²) in [6.07, 6.45) is 0. The van der Waals surface area contributed by atoms with Gasteiger partial charge in [-0.25, -0.2) is 0 Å². The van der Waals surface area contributed by atoms with Crippen LogP contribution >= 0.6 is 11.3 Å². The molecule has 3 rings (SSSR count). The first-order valence-electron chi connectivity index (χ1n) is 9.21. The number of rotatable bonds is 7. The molecule has 0 fully saturated rings. The minimum Gasteiger partial charge on any atom is -0.495 e. The van der Waals surface area contributed by atoms with Crippen LogP contribution in [0.25, 0.3) is 10.2 Å². The second-order valence-corrected chi connectivity index (χ2v) is 6.97. The lowest BCUT2D eigenvalue weighted by molar-refractivity contribution is -0.143. The fraction of sp³-hybridized carbons (Fsp3) is 0.286. The van der Waals surface area contributed by atoms with Crippen molar-refractivity contribution in [2.75, 3.05) is 20.3 Å². The number of carbonyl (C=O) groups is 2. The lowest BCUT2D eigenvalue weighted by Crippen LogP contribution is -2.23. The smallest absolute Gasteiger partial charge is 0.326 e. The van der Waals surface area contributed by atoms with E-state index in [-0.39, 0.29) is 13.2 Å². The van der Waals surface area contributed by atoms with Gasteiger partial charge in [-0.3, -0.25) is 9.59 Å². The number of nitrogens with zero attached hydrogens (tertiary/aromatic N) is 2. The second-order valence-electron chi connectivity index (χ2n) is 5.96. The molecule has 0 spiro atoms. The van der Waals surface area contributed by atoms with Gasteiger partial charge in [0.25, 0.3) is 5.91 Å². The summed E-state index contributed by atoms with van der Waals surface area (Å²) in [6.45, 7) is 4.40. The Bertz CT molecular complexity index is 1080. The number of carbonyl (C=O) groups excluding carboxylic acids is 2. The number of fused-ring (bicyclic) bond motifs is 1. The predicted octanol–water partition coefficient (Wildman–Crippen LogP) is 3.41. The summed E-state index contributed by atoms with van der Waals surface area (Å²) in [5, 5.41) is 0. The maximum absolute atomic E-state index is 12.7. The molecule has 0 radical (unpaired) electrons. The summed E-state index contributed by atoms with van der Waals surface area (Å²) in [5.74, 6) is 0.468. The van der Waals surface area contributed by atoms with Crippen LogP contribution in [-0.4, -0.2) is 36.8 Å². The molecule has 0 bridgehead atoms. The maximum atomic E-state index is 12.7. The number of esters is 1. The molecule has 0 saturated carbocycles. The number of ether oxygens (including phenoxy) is 3. The van der Waals surface area contributed by atoms with E-state index in [4.69, 9.17) is 14.2 Å². The van der Waals surface area contributed by atoms with Gasteiger partial charge < -0.3 is 18.8 Å². The van der Waals surface area contributed by atoms with Crippen molar-refractivity contribution in [3.63, 3.8) is 0 Å². The van der Waals surface area contributed by atoms with Crippen molar-refractivity contribution in [3.8, 4) is 11.5 Å². The third-order valence-corrected chi connectivity index (χ3v) is 5.13. The van der Waals surface area contributed by atoms with Crippen LogP contribution in [0.4, 0.5) is 0 Å². The molecule has 29 heavy (non-hydrogen) atoms. The zero-order chi connectivity index (χ0) is 20.8. The van der Waals surface area contributed by atoms with Gasteiger partial charge in [0.05, 0.1) is 25.0 Å². The van der Waals surface area contributed by atoms with Crippen molar-refractivity contribution >= 4 is 33.4 Å². The van der Waals surface area contributed by atoms with E-state index in [0.29, 0.717) is 34.0 Å². The zero-order valence-electron chi connectivity index (χ0n) is 16.5. The normalized spacial score (nSPS) is 11.5. The summed E-state index contributed by atoms with van der Waals surface area (Å²) < 4.78 is 18.4. The SMILES string of the molecule is CCOC(=O)Cn1c(=NC(=O)c2ccc(OCC)cc2)sc2cccc(OC)c21. The molecule has 0 aliphatic heterocycles. The Morgan fingerprint density at radius 3 is 2.48 bits per heavy atom. The maximum Gasteiger partial charge on any atom is 0.326 e. The van der Waals surface area contributed by atoms with Gasteiger partial charge in [-0.15, -0.1) is 0 Å². The van der Waals surface area contributed by atoms with E-state index in [9.17, 15) is 9.59 Å². The summed E-state index contributed by atoms with van der Waals surface area (Å²) in [7, 11) is 1.56. The number of hydrogen-bond donors (Lipinski definition) is 0. The standard InChI is InChI=1S/C21H22N2O5S/c1-4-27-15-11-9-14(10-12-15)20(25)22-21-23(13-18(24)28-5-2)19-16(26-3)7-6-8-17(19)29-21/h6-12H,4-5,13H2,1-3H3. The molecule has 3 aromatic rings. The quantitative estimate of drug-likeness (QED) is 0.554. The van der Waals surface area contributed by atoms with Crippen molar-refractivity contribution < 1.29 is 23.8 Å². The van der Waals surface area contributed by atoms with Crippen LogP contribution in [0.2, 0.25) is 0 Å². The van der Waals surface area contributed by atoms with Gasteiger partial charge in [0.2, 0.25) is 0 Å². The van der Waals surface area contributed by atoms with E-state index >= 15 is 0 Å². The van der Waals surface area contributed by atoms with Crippen LogP contribution in [0.3, 0.4) is 0 Å². The third kappa shape index (κ3) is 4.65. The van der Waals surface area contributed by atoms with Crippen LogP contribution < -0.4 is 14.3 Å². The number of aromatic nitrogens is 1. The summed E-state index contributed by atoms with van der Waals surface area (Å²) in [5.41, 5.74) is 1.13. The Balaban J connectivity index is 2.07. The molecule has 0 N–H and O–H groups in total. The molecule has 1 aromatic heterocycles. The Labute approximate surface area is 172 Å². The minimum absolute atomic E-state index is 0.0659. The molecular formula is C21H22N2O5S. The molecule has 152 valence electrons. The third-order valence-electron chi connectivity index (χ3n) is 4.09. The van der Waals surface area contributed by atoms with E-state index in [2.05, 4.69) is 4.99 Å². The van der Waals surface area contributed by atoms with Crippen molar-refractivity contribution in [2.45, 2.75) is 20.4 Å². The van der Waals surface area contributed by atoms with Crippen LogP contribution in [0, 0.1) is 0 Å². The molecule has 0 aliphatic carbocycles. The van der Waals surface area contributed by atoms with Gasteiger partial charge in [0.15, 0.2) is 4.80 Å². The Kier molecular flexibility index (Phi) is 6.66. The van der Waals surface area contributed by atoms with Gasteiger partial charge in [-0.05, 0) is 50.2 Å². The monoisotopic (exact) mass is 414 g/mol. The largest absolute Gasteiger partial charge is 0.495 e. The Morgan fingerprint density at radius 1 is 1.07 bits per heavy atom. The lowest BCUT2D eigenvalue weighted by Gasteiger charge is -2.08. The molecular weight excluding hydrogens is 392 g/mol. The summed E-state index contributed by atoms with van der Waals surface area (Å²) >= 11 is 1.31. The van der Waals surface area contributed by atoms with E-state index in [1.807, 2.05) is 19.1 Å². The molecule has 0 saturated heterocycles. The number of benzene rings is 2. The van der Waals surface area contributed by atoms with Gasteiger partial charge in [-0.2, -0.15) is 4.99 Å². The van der Waals surface area contributed by atoms with Crippen molar-refractivity contribution in [1.82, 2.24) is 4.57 Å². The Hall–Kier alpha value is -3.13. The first-order valence-corrected chi connectivity index (χ1v) is 10.0. The molecule has 0 atom stereocenters. The van der Waals surface area contributed by atoms with Crippen molar-refractivity contribution in [2.24, 2.45) is 4.99 Å². The highest BCUT2D eigenvalue weighted by Gasteiger charge is 2.16. The van der Waals surface area contributed by atoms with Crippen LogP contribution in [0.5, 0.6) is 11.5 Å². The highest BCUT2D eigenvalue weighted by atomic mass is 32.1. The average molecular weight is 414 g/mol. The van der Waals surface area contributed by atoms with Gasteiger partial charge in [0.1, 0.15) is 23.6 Å². The van der Waals surface area contributed by atoms with Gasteiger partial charge >= 0.3 is 5.97 Å². The number of hydrogen-bond acceptors (Lipinski definition) is 6. The van der Waals surface area contributed by atoms with E-state index in [0.717, 1.165) is 4.70 Å². The predicted molar refractivity (Wildman–Crippen MR) is 111 cm³/mol. The van der Waals surface area contributed by atoms with Crippen molar-refractivity contribution in [3.05, 3.63) is 52.8 Å². The van der Waals surface area contributed by atoms with Crippen molar-refractivity contribution in [1.29, 1.82) is 0 Å².